The van der Waals surface area contributed by atoms with Gasteiger partial charge in [0.2, 0.25) is 0 Å². The molecule has 0 saturated heterocycles. The van der Waals surface area contributed by atoms with Gasteiger partial charge in [-0.15, -0.1) is 0 Å². The molecule has 0 aliphatic rings. The molecule has 1 unspecified atom stereocenters. The fourth-order valence-corrected chi connectivity index (χ4v) is 3.13. The minimum atomic E-state index is -0.737. The predicted octanol–water partition coefficient (Wildman–Crippen LogP) is 4.57. The molecule has 0 aliphatic heterocycles. The van der Waals surface area contributed by atoms with Crippen molar-refractivity contribution in [3.63, 3.8) is 0 Å². The van der Waals surface area contributed by atoms with E-state index in [9.17, 15) is 19.2 Å². The number of benzene rings is 2. The van der Waals surface area contributed by atoms with Crippen molar-refractivity contribution >= 4 is 29.5 Å². The van der Waals surface area contributed by atoms with Gasteiger partial charge in [-0.25, -0.2) is 9.59 Å². The second-order valence-electron chi connectivity index (χ2n) is 9.09. The average molecular weight is 497 g/mol. The van der Waals surface area contributed by atoms with Crippen molar-refractivity contribution in [3.05, 3.63) is 65.2 Å². The lowest BCUT2D eigenvalue weighted by Gasteiger charge is -2.19. The molecule has 2 N–H and O–H groups in total. The van der Waals surface area contributed by atoms with Crippen molar-refractivity contribution in [2.45, 2.75) is 46.6 Å². The van der Waals surface area contributed by atoms with Crippen molar-refractivity contribution in [3.8, 4) is 5.75 Å². The van der Waals surface area contributed by atoms with E-state index in [1.807, 2.05) is 0 Å². The maximum atomic E-state index is 12.8. The number of hydrogen-bond donors (Lipinski definition) is 2. The Hall–Kier alpha value is -4.01. The first-order valence-corrected chi connectivity index (χ1v) is 11.5. The molecule has 1 atom stereocenters. The molecule has 192 valence electrons. The maximum Gasteiger partial charge on any atom is 0.413 e. The van der Waals surface area contributed by atoms with Gasteiger partial charge >= 0.3 is 12.1 Å². The summed E-state index contributed by atoms with van der Waals surface area (Å²) in [5.74, 6) is -1.18. The molecule has 2 rings (SSSR count). The van der Waals surface area contributed by atoms with Crippen LogP contribution in [0.5, 0.6) is 5.75 Å². The van der Waals surface area contributed by atoms with Gasteiger partial charge in [0.25, 0.3) is 0 Å². The summed E-state index contributed by atoms with van der Waals surface area (Å²) in [5, 5.41) is 10.4. The van der Waals surface area contributed by atoms with Crippen LogP contribution < -0.4 is 10.1 Å². The van der Waals surface area contributed by atoms with E-state index in [0.717, 1.165) is 0 Å². The molecule has 9 nitrogen and oxygen atoms in total. The Kier molecular flexibility index (Phi) is 9.90. The average Bonchev–Trinajstić information content (AvgIpc) is 2.81. The van der Waals surface area contributed by atoms with E-state index in [-0.39, 0.29) is 37.0 Å². The van der Waals surface area contributed by atoms with Crippen LogP contribution in [0.15, 0.2) is 48.5 Å². The molecule has 0 bridgehead atoms. The lowest BCUT2D eigenvalue weighted by molar-refractivity contribution is -0.145. The standard InChI is InChI=1S/C27H32N2O7/c1-6-34-23(31)16-35-21-13-11-19(12-14-21)24(32)17(2)15-22(30)18-7-9-20(10-8-18)25(28)29-26(33)36-27(3,4)5/h7-14,17H,6,15-16H2,1-5H3,(H2,28,29,33). The highest BCUT2D eigenvalue weighted by molar-refractivity contribution is 6.06. The number of hydrogen-bond acceptors (Lipinski definition) is 8. The van der Waals surface area contributed by atoms with Crippen molar-refractivity contribution in [1.82, 2.24) is 5.32 Å². The molecule has 0 fully saturated rings. The van der Waals surface area contributed by atoms with Gasteiger partial charge in [-0.3, -0.25) is 20.3 Å². The van der Waals surface area contributed by atoms with Gasteiger partial charge in [-0.1, -0.05) is 31.2 Å². The first kappa shape index (κ1) is 28.2. The Morgan fingerprint density at radius 2 is 1.47 bits per heavy atom. The molecule has 0 spiro atoms. The third-order valence-corrected chi connectivity index (χ3v) is 4.86. The second-order valence-corrected chi connectivity index (χ2v) is 9.09. The number of amides is 1. The maximum absolute atomic E-state index is 12.8. The number of nitrogens with one attached hydrogen (secondary N) is 2. The first-order valence-electron chi connectivity index (χ1n) is 11.5. The number of amidine groups is 1. The molecule has 0 aromatic heterocycles. The van der Waals surface area contributed by atoms with E-state index >= 15 is 0 Å². The highest BCUT2D eigenvalue weighted by Crippen LogP contribution is 2.19. The summed E-state index contributed by atoms with van der Waals surface area (Å²) in [6.07, 6.45) is -0.731. The number of ketones is 2. The van der Waals surface area contributed by atoms with Crippen LogP contribution in [0.3, 0.4) is 0 Å². The lowest BCUT2D eigenvalue weighted by Crippen LogP contribution is -2.36. The molecule has 0 heterocycles. The topological polar surface area (TPSA) is 132 Å². The summed E-state index contributed by atoms with van der Waals surface area (Å²) >= 11 is 0. The van der Waals surface area contributed by atoms with Crippen LogP contribution in [0.2, 0.25) is 0 Å². The lowest BCUT2D eigenvalue weighted by atomic mass is 9.92. The van der Waals surface area contributed by atoms with Crippen LogP contribution in [-0.4, -0.2) is 48.3 Å². The van der Waals surface area contributed by atoms with Crippen LogP contribution in [0.4, 0.5) is 4.79 Å². The highest BCUT2D eigenvalue weighted by Gasteiger charge is 2.21. The van der Waals surface area contributed by atoms with Crippen molar-refractivity contribution in [1.29, 1.82) is 5.41 Å². The van der Waals surface area contributed by atoms with E-state index in [0.29, 0.717) is 22.4 Å². The second kappa shape index (κ2) is 12.6. The fraction of sp³-hybridized carbons (Fsp3) is 0.370. The number of rotatable bonds is 10. The van der Waals surface area contributed by atoms with Gasteiger partial charge < -0.3 is 14.2 Å². The minimum Gasteiger partial charge on any atom is -0.482 e. The zero-order valence-corrected chi connectivity index (χ0v) is 21.2. The number of alkyl carbamates (subject to hydrolysis) is 1. The van der Waals surface area contributed by atoms with E-state index < -0.39 is 23.6 Å². The first-order chi connectivity index (χ1) is 16.9. The molecular weight excluding hydrogens is 464 g/mol. The molecule has 36 heavy (non-hydrogen) atoms. The number of esters is 1. The summed E-state index contributed by atoms with van der Waals surface area (Å²) in [4.78, 5) is 48.7. The Bertz CT molecular complexity index is 1100. The summed E-state index contributed by atoms with van der Waals surface area (Å²) < 4.78 is 15.2. The van der Waals surface area contributed by atoms with Crippen LogP contribution >= 0.6 is 0 Å². The van der Waals surface area contributed by atoms with E-state index in [1.54, 1.807) is 83.1 Å². The van der Waals surface area contributed by atoms with Gasteiger partial charge in [0, 0.05) is 29.0 Å². The Morgan fingerprint density at radius 1 is 0.917 bits per heavy atom. The molecular formula is C27H32N2O7. The van der Waals surface area contributed by atoms with Gasteiger partial charge in [0.1, 0.15) is 17.2 Å². The van der Waals surface area contributed by atoms with Gasteiger partial charge in [-0.05, 0) is 52.0 Å². The van der Waals surface area contributed by atoms with Crippen LogP contribution in [0.1, 0.15) is 67.3 Å². The molecule has 9 heteroatoms. The number of carbonyl (C=O) groups is 4. The van der Waals surface area contributed by atoms with Crippen molar-refractivity contribution < 1.29 is 33.4 Å². The van der Waals surface area contributed by atoms with E-state index in [4.69, 9.17) is 19.6 Å². The predicted molar refractivity (Wildman–Crippen MR) is 134 cm³/mol. The number of carbonyl (C=O) groups excluding carboxylic acids is 4. The van der Waals surface area contributed by atoms with Gasteiger partial charge in [0.15, 0.2) is 18.2 Å². The Labute approximate surface area is 210 Å². The molecule has 2 aromatic rings. The Balaban J connectivity index is 1.92. The van der Waals surface area contributed by atoms with Gasteiger partial charge in [0.05, 0.1) is 6.61 Å². The number of Topliss-reactive ketones (excluding diaryl/α,β-unsaturated/α-hetero) is 2. The summed E-state index contributed by atoms with van der Waals surface area (Å²) in [6, 6.07) is 12.5. The van der Waals surface area contributed by atoms with Crippen LogP contribution in [0.25, 0.3) is 0 Å². The number of ether oxygens (including phenoxy) is 3. The van der Waals surface area contributed by atoms with Gasteiger partial charge in [-0.2, -0.15) is 0 Å². The largest absolute Gasteiger partial charge is 0.482 e. The SMILES string of the molecule is CCOC(=O)COc1ccc(C(=O)C(C)CC(=O)c2ccc(C(=N)NC(=O)OC(C)(C)C)cc2)cc1. The van der Waals surface area contributed by atoms with E-state index in [2.05, 4.69) is 5.32 Å². The summed E-state index contributed by atoms with van der Waals surface area (Å²) in [6.45, 7) is 8.60. The zero-order chi connectivity index (χ0) is 26.9. The Morgan fingerprint density at radius 3 is 2.03 bits per heavy atom. The van der Waals surface area contributed by atoms with Crippen molar-refractivity contribution in [2.24, 2.45) is 5.92 Å². The molecule has 0 aliphatic carbocycles. The van der Waals surface area contributed by atoms with E-state index in [1.165, 1.54) is 0 Å². The monoisotopic (exact) mass is 496 g/mol. The molecule has 0 saturated carbocycles. The molecule has 0 radical (unpaired) electrons. The molecule has 1 amide bonds. The van der Waals surface area contributed by atoms with Crippen LogP contribution in [0, 0.1) is 11.3 Å². The summed E-state index contributed by atoms with van der Waals surface area (Å²) in [5.41, 5.74) is 0.545. The third kappa shape index (κ3) is 8.98. The normalized spacial score (nSPS) is 11.7. The van der Waals surface area contributed by atoms with Crippen molar-refractivity contribution in [2.75, 3.05) is 13.2 Å². The minimum absolute atomic E-state index is 0.00684. The third-order valence-electron chi connectivity index (χ3n) is 4.86. The highest BCUT2D eigenvalue weighted by atomic mass is 16.6. The smallest absolute Gasteiger partial charge is 0.413 e. The zero-order valence-electron chi connectivity index (χ0n) is 21.2. The van der Waals surface area contributed by atoms with Crippen LogP contribution in [-0.2, 0) is 14.3 Å². The fourth-order valence-electron chi connectivity index (χ4n) is 3.13. The molecule has 2 aromatic carbocycles. The quantitative estimate of drug-likeness (QED) is 0.213. The summed E-state index contributed by atoms with van der Waals surface area (Å²) in [7, 11) is 0.